The number of rotatable bonds is 17. The van der Waals surface area contributed by atoms with Crippen LogP contribution in [0.1, 0.15) is 0 Å². The molecule has 8 aromatic rings. The van der Waals surface area contributed by atoms with Crippen molar-refractivity contribution in [2.75, 3.05) is 59.2 Å². The molecule has 0 amide bonds. The maximum atomic E-state index is 13.7. The zero-order valence-corrected chi connectivity index (χ0v) is 42.7. The van der Waals surface area contributed by atoms with Gasteiger partial charge in [-0.15, -0.1) is 0 Å². The van der Waals surface area contributed by atoms with Crippen molar-refractivity contribution in [3.05, 3.63) is 137 Å². The molecule has 22 heteroatoms. The second-order valence-corrected chi connectivity index (χ2v) is 19.2. The standard InChI is InChI=1S/C25H23FN2O7S.C24H20BrClN2O6S/c1-31-22-12-16(6-7-18(22)26)36(29,30)28-15-5-8-21(23(11-15)32-2)35-20-9-10-27-19-14-25(34-4)24(33-3)13-17(19)20;1-31-22-10-14(28-35(29,30)15-5-6-17(25)18(26)11-15)4-7-21(22)34-20-8-9-27-19-13-24(33-3)23(32-2)12-16(19)20/h5-14,28H,1-4H3;4-13,28H,1-3H3. The lowest BCUT2D eigenvalue weighted by molar-refractivity contribution is 0.355. The van der Waals surface area contributed by atoms with Gasteiger partial charge in [0.25, 0.3) is 20.0 Å². The summed E-state index contributed by atoms with van der Waals surface area (Å²) in [6.07, 6.45) is 3.21. The van der Waals surface area contributed by atoms with Gasteiger partial charge in [-0.3, -0.25) is 19.4 Å². The van der Waals surface area contributed by atoms with Gasteiger partial charge in [0.15, 0.2) is 57.6 Å². The predicted octanol–water partition coefficient (Wildman–Crippen LogP) is 11.3. The maximum Gasteiger partial charge on any atom is 0.262 e. The van der Waals surface area contributed by atoms with Crippen molar-refractivity contribution in [2.45, 2.75) is 9.79 Å². The Hall–Kier alpha value is -7.46. The van der Waals surface area contributed by atoms with Gasteiger partial charge < -0.3 is 42.6 Å². The number of sulfonamides is 2. The van der Waals surface area contributed by atoms with Crippen LogP contribution in [-0.4, -0.2) is 76.6 Å². The molecule has 6 aromatic carbocycles. The van der Waals surface area contributed by atoms with Gasteiger partial charge in [-0.2, -0.15) is 0 Å². The highest BCUT2D eigenvalue weighted by Crippen LogP contribution is 2.42. The summed E-state index contributed by atoms with van der Waals surface area (Å²) in [7, 11) is 2.42. The van der Waals surface area contributed by atoms with Crippen LogP contribution in [0.25, 0.3) is 21.8 Å². The molecular weight excluding hydrogens is 1050 g/mol. The lowest BCUT2D eigenvalue weighted by atomic mass is 10.1. The first-order valence-electron chi connectivity index (χ1n) is 20.6. The first-order valence-corrected chi connectivity index (χ1v) is 24.8. The molecule has 2 heterocycles. The third kappa shape index (κ3) is 11.6. The Balaban J connectivity index is 0.000000209. The van der Waals surface area contributed by atoms with Crippen molar-refractivity contribution in [3.63, 3.8) is 0 Å². The number of nitrogens with zero attached hydrogens (tertiary/aromatic N) is 2. The Morgan fingerprint density at radius 2 is 0.845 bits per heavy atom. The summed E-state index contributed by atoms with van der Waals surface area (Å²) in [4.78, 5) is 8.59. The number of anilines is 2. The lowest BCUT2D eigenvalue weighted by Gasteiger charge is -2.15. The normalized spacial score (nSPS) is 11.2. The van der Waals surface area contributed by atoms with E-state index >= 15 is 0 Å². The van der Waals surface area contributed by atoms with Gasteiger partial charge >= 0.3 is 0 Å². The molecular formula is C49H43BrClFN4O13S2. The van der Waals surface area contributed by atoms with E-state index < -0.39 is 25.9 Å². The molecule has 17 nitrogen and oxygen atoms in total. The molecule has 0 radical (unpaired) electrons. The summed E-state index contributed by atoms with van der Waals surface area (Å²) in [5, 5.41) is 1.66. The summed E-state index contributed by atoms with van der Waals surface area (Å²) in [5.74, 6) is 3.57. The topological polar surface area (TPSA) is 201 Å². The molecule has 0 fully saturated rings. The van der Waals surface area contributed by atoms with Gasteiger partial charge in [-0.05, 0) is 94.8 Å². The summed E-state index contributed by atoms with van der Waals surface area (Å²) in [6, 6.07) is 27.3. The van der Waals surface area contributed by atoms with E-state index in [1.165, 1.54) is 65.9 Å². The average molecular weight is 1090 g/mol. The summed E-state index contributed by atoms with van der Waals surface area (Å²) in [6.45, 7) is 0. The number of pyridine rings is 2. The van der Waals surface area contributed by atoms with Crippen molar-refractivity contribution < 1.29 is 63.9 Å². The van der Waals surface area contributed by atoms with Crippen LogP contribution in [0.15, 0.2) is 136 Å². The fourth-order valence-corrected chi connectivity index (χ4v) is 9.45. The maximum absolute atomic E-state index is 13.7. The van der Waals surface area contributed by atoms with Gasteiger partial charge in [-0.1, -0.05) is 11.6 Å². The highest BCUT2D eigenvalue weighted by molar-refractivity contribution is 9.10. The summed E-state index contributed by atoms with van der Waals surface area (Å²) >= 11 is 9.30. The fourth-order valence-electron chi connectivity index (χ4n) is 6.82. The van der Waals surface area contributed by atoms with Crippen molar-refractivity contribution in [1.29, 1.82) is 0 Å². The van der Waals surface area contributed by atoms with Gasteiger partial charge in [0.1, 0.15) is 11.5 Å². The molecule has 0 atom stereocenters. The molecule has 71 heavy (non-hydrogen) atoms. The molecule has 0 aliphatic carbocycles. The Kier molecular flexibility index (Phi) is 16.0. The van der Waals surface area contributed by atoms with Crippen LogP contribution in [0.3, 0.4) is 0 Å². The number of benzene rings is 6. The molecule has 370 valence electrons. The van der Waals surface area contributed by atoms with E-state index in [0.717, 1.165) is 18.2 Å². The molecule has 0 saturated heterocycles. The number of nitrogens with one attached hydrogen (secondary N) is 2. The molecule has 0 aliphatic rings. The fraction of sp³-hybridized carbons (Fsp3) is 0.143. The van der Waals surface area contributed by atoms with E-state index in [2.05, 4.69) is 35.3 Å². The average Bonchev–Trinajstić information content (AvgIpc) is 3.37. The summed E-state index contributed by atoms with van der Waals surface area (Å²) in [5.41, 5.74) is 1.78. The minimum atomic E-state index is -4.03. The van der Waals surface area contributed by atoms with Crippen molar-refractivity contribution >= 4 is 80.8 Å². The van der Waals surface area contributed by atoms with Gasteiger partial charge in [0, 0.05) is 58.0 Å². The van der Waals surface area contributed by atoms with Crippen molar-refractivity contribution in [3.8, 4) is 63.2 Å². The quantitative estimate of drug-likeness (QED) is 0.0871. The first-order chi connectivity index (χ1) is 34.0. The van der Waals surface area contributed by atoms with Crippen molar-refractivity contribution in [2.24, 2.45) is 0 Å². The van der Waals surface area contributed by atoms with Crippen LogP contribution in [0.2, 0.25) is 5.02 Å². The zero-order valence-electron chi connectivity index (χ0n) is 38.7. The van der Waals surface area contributed by atoms with Crippen LogP contribution in [-0.2, 0) is 20.0 Å². The Labute approximate surface area is 421 Å². The smallest absolute Gasteiger partial charge is 0.262 e. The third-order valence-corrected chi connectivity index (χ3v) is 14.3. The second-order valence-electron chi connectivity index (χ2n) is 14.6. The molecule has 0 unspecified atom stereocenters. The van der Waals surface area contributed by atoms with E-state index in [0.29, 0.717) is 83.7 Å². The third-order valence-electron chi connectivity index (χ3n) is 10.3. The van der Waals surface area contributed by atoms with E-state index in [-0.39, 0.29) is 32.0 Å². The van der Waals surface area contributed by atoms with Crippen LogP contribution in [0.5, 0.6) is 63.2 Å². The Morgan fingerprint density at radius 1 is 0.451 bits per heavy atom. The molecule has 0 aliphatic heterocycles. The number of hydrogen-bond donors (Lipinski definition) is 2. The minimum Gasteiger partial charge on any atom is -0.494 e. The number of hydrogen-bond acceptors (Lipinski definition) is 15. The second kappa shape index (κ2) is 22.1. The highest BCUT2D eigenvalue weighted by Gasteiger charge is 2.21. The predicted molar refractivity (Wildman–Crippen MR) is 270 cm³/mol. The number of methoxy groups -OCH3 is 7. The molecule has 0 spiro atoms. The van der Waals surface area contributed by atoms with E-state index in [1.807, 2.05) is 0 Å². The van der Waals surface area contributed by atoms with Gasteiger partial charge in [0.05, 0.1) is 87.0 Å². The molecule has 2 N–H and O–H groups in total. The molecule has 0 saturated carbocycles. The van der Waals surface area contributed by atoms with Gasteiger partial charge in [0.2, 0.25) is 0 Å². The number of ether oxygens (including phenoxy) is 9. The van der Waals surface area contributed by atoms with Gasteiger partial charge in [-0.25, -0.2) is 21.2 Å². The number of fused-ring (bicyclic) bond motifs is 2. The van der Waals surface area contributed by atoms with Crippen molar-refractivity contribution in [1.82, 2.24) is 9.97 Å². The van der Waals surface area contributed by atoms with E-state index in [4.69, 9.17) is 54.2 Å². The minimum absolute atomic E-state index is 0.0256. The summed E-state index contributed by atoms with van der Waals surface area (Å²) < 4.78 is 120. The van der Waals surface area contributed by atoms with Crippen LogP contribution >= 0.6 is 27.5 Å². The SMILES string of the molecule is COc1cc(S(=O)(=O)Nc2ccc(Oc3ccnc4cc(OC)c(OC)cc34)c(OC)c2)ccc1F.COc1cc2nccc(Oc3ccc(NS(=O)(=O)c4ccc(Br)c(Cl)c4)cc3OC)c2cc1OC. The van der Waals surface area contributed by atoms with E-state index in [1.54, 1.807) is 87.3 Å². The zero-order chi connectivity index (χ0) is 51.0. The van der Waals surface area contributed by atoms with Crippen LogP contribution < -0.4 is 52.1 Å². The Bertz CT molecular complexity index is 3500. The first kappa shape index (κ1) is 51.4. The molecule has 2 aromatic heterocycles. The van der Waals surface area contributed by atoms with E-state index in [9.17, 15) is 21.2 Å². The highest BCUT2D eigenvalue weighted by atomic mass is 79.9. The lowest BCUT2D eigenvalue weighted by Crippen LogP contribution is -2.13. The van der Waals surface area contributed by atoms with Crippen LogP contribution in [0.4, 0.5) is 15.8 Å². The number of halogens is 3. The largest absolute Gasteiger partial charge is 0.494 e. The monoisotopic (exact) mass is 1090 g/mol. The Morgan fingerprint density at radius 3 is 1.27 bits per heavy atom. The molecule has 8 rings (SSSR count). The van der Waals surface area contributed by atoms with Crippen LogP contribution in [0, 0.1) is 5.82 Å². The molecule has 0 bridgehead atoms. The number of aromatic nitrogens is 2.